The molecule has 1 amide bonds. The fraction of sp³-hybridized carbons (Fsp3) is 0.647. The van der Waals surface area contributed by atoms with E-state index < -0.39 is 0 Å². The van der Waals surface area contributed by atoms with Crippen molar-refractivity contribution in [1.82, 2.24) is 14.8 Å². The highest BCUT2D eigenvalue weighted by atomic mass is 16.2. The third-order valence-corrected chi connectivity index (χ3v) is 4.34. The van der Waals surface area contributed by atoms with Crippen molar-refractivity contribution in [2.24, 2.45) is 5.92 Å². The number of likely N-dealkylation sites (tertiary alicyclic amines) is 1. The number of anilines is 1. The number of amides is 1. The van der Waals surface area contributed by atoms with Gasteiger partial charge >= 0.3 is 0 Å². The van der Waals surface area contributed by atoms with Crippen LogP contribution in [-0.2, 0) is 0 Å². The molecule has 0 aliphatic carbocycles. The normalized spacial score (nSPS) is 16.1. The molecule has 2 rings (SSSR count). The summed E-state index contributed by atoms with van der Waals surface area (Å²) in [6, 6.07) is 3.78. The van der Waals surface area contributed by atoms with Crippen LogP contribution in [0.2, 0.25) is 0 Å². The van der Waals surface area contributed by atoms with Crippen LogP contribution >= 0.6 is 0 Å². The van der Waals surface area contributed by atoms with Crippen molar-refractivity contribution in [2.45, 2.75) is 19.3 Å². The minimum absolute atomic E-state index is 0.115. The summed E-state index contributed by atoms with van der Waals surface area (Å²) in [7, 11) is 8.12. The zero-order chi connectivity index (χ0) is 16.1. The smallest absolute Gasteiger partial charge is 0.255 e. The third-order valence-electron chi connectivity index (χ3n) is 4.34. The van der Waals surface area contributed by atoms with E-state index in [1.165, 1.54) is 6.42 Å². The zero-order valence-corrected chi connectivity index (χ0v) is 14.2. The lowest BCUT2D eigenvalue weighted by Crippen LogP contribution is -2.39. The van der Waals surface area contributed by atoms with Gasteiger partial charge < -0.3 is 14.7 Å². The molecule has 5 heteroatoms. The molecule has 22 heavy (non-hydrogen) atoms. The molecule has 1 aromatic heterocycles. The molecule has 0 aromatic carbocycles. The largest absolute Gasteiger partial charge is 0.363 e. The maximum absolute atomic E-state index is 12.5. The van der Waals surface area contributed by atoms with Crippen LogP contribution in [0.3, 0.4) is 0 Å². The van der Waals surface area contributed by atoms with E-state index in [4.69, 9.17) is 0 Å². The predicted molar refractivity (Wildman–Crippen MR) is 90.4 cm³/mol. The Hall–Kier alpha value is -1.62. The topological polar surface area (TPSA) is 39.7 Å². The van der Waals surface area contributed by atoms with E-state index in [1.54, 1.807) is 6.20 Å². The summed E-state index contributed by atoms with van der Waals surface area (Å²) in [5, 5.41) is 0. The Kier molecular flexibility index (Phi) is 5.77. The molecule has 1 aliphatic rings. The minimum atomic E-state index is 0.115. The summed E-state index contributed by atoms with van der Waals surface area (Å²) in [4.78, 5) is 23.0. The fourth-order valence-electron chi connectivity index (χ4n) is 2.83. The Bertz CT molecular complexity index is 476. The summed E-state index contributed by atoms with van der Waals surface area (Å²) in [5.41, 5.74) is 0.692. The number of hydrogen-bond acceptors (Lipinski definition) is 4. The molecule has 1 aromatic rings. The van der Waals surface area contributed by atoms with Crippen molar-refractivity contribution < 1.29 is 4.79 Å². The molecule has 0 unspecified atom stereocenters. The Morgan fingerprint density at radius 2 is 1.91 bits per heavy atom. The predicted octanol–water partition coefficient (Wildman–Crippen LogP) is 1.95. The van der Waals surface area contributed by atoms with Gasteiger partial charge in [0.15, 0.2) is 0 Å². The van der Waals surface area contributed by atoms with Crippen LogP contribution in [0.5, 0.6) is 0 Å². The number of rotatable bonds is 5. The van der Waals surface area contributed by atoms with Gasteiger partial charge in [0.25, 0.3) is 5.91 Å². The van der Waals surface area contributed by atoms with E-state index in [2.05, 4.69) is 24.0 Å². The first-order valence-corrected chi connectivity index (χ1v) is 8.04. The van der Waals surface area contributed by atoms with Crippen LogP contribution in [0.25, 0.3) is 0 Å². The molecule has 0 saturated carbocycles. The first kappa shape index (κ1) is 16.7. The lowest BCUT2D eigenvalue weighted by Gasteiger charge is -2.32. The molecule has 5 nitrogen and oxygen atoms in total. The van der Waals surface area contributed by atoms with E-state index in [-0.39, 0.29) is 5.91 Å². The highest BCUT2D eigenvalue weighted by Crippen LogP contribution is 2.22. The Morgan fingerprint density at radius 3 is 2.41 bits per heavy atom. The molecule has 0 spiro atoms. The zero-order valence-electron chi connectivity index (χ0n) is 14.2. The van der Waals surface area contributed by atoms with Crippen molar-refractivity contribution in [2.75, 3.05) is 52.7 Å². The minimum Gasteiger partial charge on any atom is -0.363 e. The van der Waals surface area contributed by atoms with E-state index in [1.807, 2.05) is 36.0 Å². The number of aromatic nitrogens is 1. The number of piperidine rings is 1. The molecule has 0 atom stereocenters. The highest BCUT2D eigenvalue weighted by molar-refractivity contribution is 5.94. The maximum Gasteiger partial charge on any atom is 0.255 e. The van der Waals surface area contributed by atoms with Gasteiger partial charge in [-0.15, -0.1) is 0 Å². The van der Waals surface area contributed by atoms with Gasteiger partial charge in [0, 0.05) is 33.4 Å². The van der Waals surface area contributed by atoms with Crippen LogP contribution in [-0.4, -0.2) is 68.5 Å². The number of hydrogen-bond donors (Lipinski definition) is 0. The van der Waals surface area contributed by atoms with Crippen LogP contribution in [0, 0.1) is 5.92 Å². The maximum atomic E-state index is 12.5. The molecule has 2 heterocycles. The summed E-state index contributed by atoms with van der Waals surface area (Å²) >= 11 is 0. The third kappa shape index (κ3) is 4.44. The van der Waals surface area contributed by atoms with Gasteiger partial charge in [-0.1, -0.05) is 0 Å². The molecular formula is C17H28N4O. The lowest BCUT2D eigenvalue weighted by molar-refractivity contribution is 0.0683. The number of carbonyl (C=O) groups is 1. The first-order chi connectivity index (χ1) is 10.5. The molecule has 1 aliphatic heterocycles. The van der Waals surface area contributed by atoms with Crippen molar-refractivity contribution in [3.63, 3.8) is 0 Å². The van der Waals surface area contributed by atoms with Crippen LogP contribution in [0.4, 0.5) is 5.82 Å². The molecule has 0 bridgehead atoms. The van der Waals surface area contributed by atoms with E-state index in [0.717, 1.165) is 44.2 Å². The van der Waals surface area contributed by atoms with E-state index in [0.29, 0.717) is 5.56 Å². The van der Waals surface area contributed by atoms with Crippen LogP contribution < -0.4 is 4.90 Å². The first-order valence-electron chi connectivity index (χ1n) is 8.04. The van der Waals surface area contributed by atoms with E-state index >= 15 is 0 Å². The average molecular weight is 304 g/mol. The summed E-state index contributed by atoms with van der Waals surface area (Å²) < 4.78 is 0. The number of carbonyl (C=O) groups excluding carboxylic acids is 1. The van der Waals surface area contributed by atoms with Gasteiger partial charge in [0.05, 0.1) is 5.56 Å². The average Bonchev–Trinajstić information content (AvgIpc) is 2.53. The van der Waals surface area contributed by atoms with Gasteiger partial charge in [-0.05, 0) is 58.0 Å². The standard InChI is InChI=1S/C17H28N4O/c1-19(2)10-7-14-8-11-21(12-9-14)17(22)15-5-6-16(18-13-15)20(3)4/h5-6,13-14H,7-12H2,1-4H3. The molecule has 1 saturated heterocycles. The lowest BCUT2D eigenvalue weighted by atomic mass is 9.93. The number of pyridine rings is 1. The summed E-state index contributed by atoms with van der Waals surface area (Å²) in [5.74, 6) is 1.74. The van der Waals surface area contributed by atoms with Gasteiger partial charge in [0.2, 0.25) is 0 Å². The van der Waals surface area contributed by atoms with Gasteiger partial charge in [0.1, 0.15) is 5.82 Å². The van der Waals surface area contributed by atoms with Crippen molar-refractivity contribution in [3.8, 4) is 0 Å². The second kappa shape index (κ2) is 7.58. The Balaban J connectivity index is 1.86. The van der Waals surface area contributed by atoms with Gasteiger partial charge in [-0.2, -0.15) is 0 Å². The monoisotopic (exact) mass is 304 g/mol. The van der Waals surface area contributed by atoms with Crippen LogP contribution in [0.1, 0.15) is 29.6 Å². The SMILES string of the molecule is CN(C)CCC1CCN(C(=O)c2ccc(N(C)C)nc2)CC1. The summed E-state index contributed by atoms with van der Waals surface area (Å²) in [6.45, 7) is 2.87. The van der Waals surface area contributed by atoms with Gasteiger partial charge in [-0.25, -0.2) is 4.98 Å². The molecule has 1 fully saturated rings. The molecule has 0 N–H and O–H groups in total. The second-order valence-corrected chi connectivity index (χ2v) is 6.63. The number of nitrogens with zero attached hydrogens (tertiary/aromatic N) is 4. The molecule has 0 radical (unpaired) electrons. The second-order valence-electron chi connectivity index (χ2n) is 6.63. The molecular weight excluding hydrogens is 276 g/mol. The summed E-state index contributed by atoms with van der Waals surface area (Å²) in [6.07, 6.45) is 5.15. The quantitative estimate of drug-likeness (QED) is 0.833. The van der Waals surface area contributed by atoms with Crippen molar-refractivity contribution in [1.29, 1.82) is 0 Å². The van der Waals surface area contributed by atoms with E-state index in [9.17, 15) is 4.79 Å². The van der Waals surface area contributed by atoms with Gasteiger partial charge in [-0.3, -0.25) is 4.79 Å². The van der Waals surface area contributed by atoms with Crippen molar-refractivity contribution >= 4 is 11.7 Å². The Morgan fingerprint density at radius 1 is 1.23 bits per heavy atom. The fourth-order valence-corrected chi connectivity index (χ4v) is 2.83. The highest BCUT2D eigenvalue weighted by Gasteiger charge is 2.23. The van der Waals surface area contributed by atoms with Crippen molar-refractivity contribution in [3.05, 3.63) is 23.9 Å². The molecule has 122 valence electrons. The Labute approximate surface area is 133 Å². The van der Waals surface area contributed by atoms with Crippen LogP contribution in [0.15, 0.2) is 18.3 Å².